The Balaban J connectivity index is 2.52. The molecule has 15 heteroatoms. The molecule has 1 saturated heterocycles. The van der Waals surface area contributed by atoms with Gasteiger partial charge in [0.25, 0.3) is 0 Å². The number of guanidine groups is 1. The van der Waals surface area contributed by atoms with Crippen LogP contribution < -0.4 is 38.1 Å². The SMILES string of the molecule is CCCCCC[C@H]1O[C@@H](C)NC(=O)[C@H](CCCCCNC(=N)N)NC(=O)[C@H](CN)NC(=O)[C@H](C2CCCCC2)NC(=O)[C@H](CC(C)C)N(C)C(=O)[C@@H]1C. The molecule has 0 radical (unpaired) electrons. The number of nitrogens with two attached hydrogens (primary N) is 2. The third kappa shape index (κ3) is 15.8. The number of hydrogen-bond donors (Lipinski definition) is 8. The van der Waals surface area contributed by atoms with E-state index < -0.39 is 66.0 Å². The summed E-state index contributed by atoms with van der Waals surface area (Å²) in [6.45, 7) is 9.88. The van der Waals surface area contributed by atoms with Crippen molar-refractivity contribution in [2.75, 3.05) is 20.1 Å². The highest BCUT2D eigenvalue weighted by Gasteiger charge is 2.39. The molecule has 2 fully saturated rings. The molecule has 0 spiro atoms. The van der Waals surface area contributed by atoms with Crippen LogP contribution in [-0.4, -0.2) is 97.0 Å². The zero-order valence-electron chi connectivity index (χ0n) is 33.3. The normalized spacial score (nSPS) is 27.7. The van der Waals surface area contributed by atoms with E-state index in [0.29, 0.717) is 45.1 Å². The zero-order chi connectivity index (χ0) is 39.5. The maximum absolute atomic E-state index is 14.2. The Hall–Kier alpha value is -3.46. The Morgan fingerprint density at radius 2 is 1.47 bits per heavy atom. The number of carbonyl (C=O) groups excluding carboxylic acids is 5. The second kappa shape index (κ2) is 24.0. The summed E-state index contributed by atoms with van der Waals surface area (Å²) < 4.78 is 6.42. The molecule has 1 saturated carbocycles. The van der Waals surface area contributed by atoms with Crippen LogP contribution in [-0.2, 0) is 28.7 Å². The number of nitrogens with one attached hydrogen (secondary N) is 6. The molecule has 1 aliphatic heterocycles. The minimum absolute atomic E-state index is 0.0721. The van der Waals surface area contributed by atoms with Crippen LogP contribution >= 0.6 is 0 Å². The first-order valence-corrected chi connectivity index (χ1v) is 20.1. The molecule has 0 aromatic rings. The van der Waals surface area contributed by atoms with Gasteiger partial charge in [0.15, 0.2) is 5.96 Å². The molecular weight excluding hydrogens is 678 g/mol. The van der Waals surface area contributed by atoms with Gasteiger partial charge in [-0.25, -0.2) is 0 Å². The molecule has 0 bridgehead atoms. The van der Waals surface area contributed by atoms with Gasteiger partial charge >= 0.3 is 0 Å². The summed E-state index contributed by atoms with van der Waals surface area (Å²) in [5, 5.41) is 21.6. The van der Waals surface area contributed by atoms with Gasteiger partial charge in [0.2, 0.25) is 29.5 Å². The third-order valence-corrected chi connectivity index (χ3v) is 10.5. The van der Waals surface area contributed by atoms with Crippen molar-refractivity contribution in [2.24, 2.45) is 29.2 Å². The quantitative estimate of drug-likeness (QED) is 0.0697. The highest BCUT2D eigenvalue weighted by atomic mass is 16.5. The van der Waals surface area contributed by atoms with Crippen molar-refractivity contribution < 1.29 is 28.7 Å². The predicted octanol–water partition coefficient (Wildman–Crippen LogP) is 2.36. The Labute approximate surface area is 317 Å². The number of nitrogens with zero attached hydrogens (tertiary/aromatic N) is 1. The fourth-order valence-electron chi connectivity index (χ4n) is 7.35. The lowest BCUT2D eigenvalue weighted by molar-refractivity contribution is -0.150. The van der Waals surface area contributed by atoms with Crippen LogP contribution in [0.25, 0.3) is 0 Å². The van der Waals surface area contributed by atoms with Gasteiger partial charge < -0.3 is 47.7 Å². The van der Waals surface area contributed by atoms with Crippen LogP contribution in [0.5, 0.6) is 0 Å². The van der Waals surface area contributed by atoms with E-state index in [-0.39, 0.29) is 30.2 Å². The van der Waals surface area contributed by atoms with Gasteiger partial charge in [0, 0.05) is 20.1 Å². The average molecular weight is 750 g/mol. The Morgan fingerprint density at radius 1 is 0.849 bits per heavy atom. The van der Waals surface area contributed by atoms with Gasteiger partial charge in [-0.1, -0.05) is 85.5 Å². The largest absolute Gasteiger partial charge is 0.370 e. The van der Waals surface area contributed by atoms with E-state index in [1.807, 2.05) is 13.8 Å². The van der Waals surface area contributed by atoms with E-state index in [0.717, 1.165) is 57.8 Å². The topological polar surface area (TPSA) is 234 Å². The third-order valence-electron chi connectivity index (χ3n) is 10.5. The fourth-order valence-corrected chi connectivity index (χ4v) is 7.35. The van der Waals surface area contributed by atoms with Gasteiger partial charge in [0.1, 0.15) is 30.4 Å². The van der Waals surface area contributed by atoms with E-state index in [1.165, 1.54) is 4.90 Å². The Bertz CT molecular complexity index is 1180. The molecule has 5 amide bonds. The molecule has 1 aliphatic carbocycles. The fraction of sp³-hybridized carbons (Fsp3) is 0.842. The molecule has 15 nitrogen and oxygen atoms in total. The highest BCUT2D eigenvalue weighted by molar-refractivity contribution is 5.96. The van der Waals surface area contributed by atoms with Crippen molar-refractivity contribution in [3.8, 4) is 0 Å². The summed E-state index contributed by atoms with van der Waals surface area (Å²) in [5.74, 6) is -3.08. The van der Waals surface area contributed by atoms with Crippen molar-refractivity contribution >= 4 is 35.5 Å². The van der Waals surface area contributed by atoms with Crippen molar-refractivity contribution in [3.05, 3.63) is 0 Å². The van der Waals surface area contributed by atoms with Crippen LogP contribution in [0.3, 0.4) is 0 Å². The molecule has 0 aromatic heterocycles. The number of amides is 5. The lowest BCUT2D eigenvalue weighted by Crippen LogP contribution is -2.62. The summed E-state index contributed by atoms with van der Waals surface area (Å²) in [6, 6.07) is -3.89. The van der Waals surface area contributed by atoms with Crippen LogP contribution in [0.15, 0.2) is 0 Å². The van der Waals surface area contributed by atoms with Crippen LogP contribution in [0.4, 0.5) is 0 Å². The molecule has 2 aliphatic rings. The maximum atomic E-state index is 14.2. The predicted molar refractivity (Wildman–Crippen MR) is 206 cm³/mol. The van der Waals surface area contributed by atoms with Crippen molar-refractivity contribution in [1.29, 1.82) is 5.41 Å². The number of hydrogen-bond acceptors (Lipinski definition) is 8. The first-order valence-electron chi connectivity index (χ1n) is 20.1. The average Bonchev–Trinajstić information content (AvgIpc) is 3.12. The van der Waals surface area contributed by atoms with Crippen molar-refractivity contribution in [2.45, 2.75) is 167 Å². The summed E-state index contributed by atoms with van der Waals surface area (Å²) >= 11 is 0. The minimum atomic E-state index is -1.16. The van der Waals surface area contributed by atoms with Crippen molar-refractivity contribution in [1.82, 2.24) is 31.5 Å². The standard InChI is InChI=1S/C38H71N9O6/c1-7-8-9-15-20-31-25(4)37(52)47(6)30(22-24(2)3)35(50)46-32(27-17-12-10-13-18-27)36(51)45-29(23-39)34(49)44-28(33(48)43-26(5)53-31)19-14-11-16-21-42-38(40)41/h24-32H,7-23,39H2,1-6H3,(H,43,48)(H,44,49)(H,45,51)(H,46,50)(H4,40,41,42)/t25-,26+,28+,29+,30+,31-,32+/m1/s1. The molecular formula is C38H71N9O6. The van der Waals surface area contributed by atoms with Crippen molar-refractivity contribution in [3.63, 3.8) is 0 Å². The van der Waals surface area contributed by atoms with Crippen LogP contribution in [0.2, 0.25) is 0 Å². The number of ether oxygens (including phenoxy) is 1. The minimum Gasteiger partial charge on any atom is -0.370 e. The monoisotopic (exact) mass is 750 g/mol. The highest BCUT2D eigenvalue weighted by Crippen LogP contribution is 2.28. The number of carbonyl (C=O) groups is 5. The molecule has 53 heavy (non-hydrogen) atoms. The second-order valence-electron chi connectivity index (χ2n) is 15.5. The van der Waals surface area contributed by atoms with Gasteiger partial charge in [-0.2, -0.15) is 0 Å². The first kappa shape index (κ1) is 45.7. The zero-order valence-corrected chi connectivity index (χ0v) is 33.3. The summed E-state index contributed by atoms with van der Waals surface area (Å²) in [4.78, 5) is 71.4. The maximum Gasteiger partial charge on any atom is 0.244 e. The number of rotatable bonds is 15. The Morgan fingerprint density at radius 3 is 2.09 bits per heavy atom. The van der Waals surface area contributed by atoms with Crippen LogP contribution in [0, 0.1) is 23.2 Å². The second-order valence-corrected chi connectivity index (χ2v) is 15.5. The lowest BCUT2D eigenvalue weighted by atomic mass is 9.83. The summed E-state index contributed by atoms with van der Waals surface area (Å²) in [5.41, 5.74) is 11.4. The van der Waals surface area contributed by atoms with E-state index >= 15 is 0 Å². The Kier molecular flexibility index (Phi) is 20.7. The molecule has 7 atom stereocenters. The lowest BCUT2D eigenvalue weighted by Gasteiger charge is -2.36. The number of likely N-dealkylation sites (N-methyl/N-ethyl adjacent to an activating group) is 1. The molecule has 0 aromatic carbocycles. The smallest absolute Gasteiger partial charge is 0.244 e. The molecule has 10 N–H and O–H groups in total. The van der Waals surface area contributed by atoms with E-state index in [1.54, 1.807) is 20.9 Å². The van der Waals surface area contributed by atoms with E-state index in [9.17, 15) is 24.0 Å². The first-order chi connectivity index (χ1) is 25.2. The van der Waals surface area contributed by atoms with Gasteiger partial charge in [-0.15, -0.1) is 0 Å². The molecule has 1 heterocycles. The molecule has 2 rings (SSSR count). The van der Waals surface area contributed by atoms with Gasteiger partial charge in [0.05, 0.1) is 12.0 Å². The number of unbranched alkanes of at least 4 members (excludes halogenated alkanes) is 5. The summed E-state index contributed by atoms with van der Waals surface area (Å²) in [6.07, 6.45) is 10.1. The summed E-state index contributed by atoms with van der Waals surface area (Å²) in [7, 11) is 1.63. The van der Waals surface area contributed by atoms with Gasteiger partial charge in [-0.05, 0) is 57.3 Å². The molecule has 304 valence electrons. The molecule has 0 unspecified atom stereocenters. The van der Waals surface area contributed by atoms with E-state index in [2.05, 4.69) is 33.5 Å². The van der Waals surface area contributed by atoms with Gasteiger partial charge in [-0.3, -0.25) is 29.4 Å². The van der Waals surface area contributed by atoms with E-state index in [4.69, 9.17) is 21.6 Å². The van der Waals surface area contributed by atoms with Crippen LogP contribution in [0.1, 0.15) is 131 Å².